The molecule has 0 radical (unpaired) electrons. The lowest BCUT2D eigenvalue weighted by Crippen LogP contribution is -2.46. The van der Waals surface area contributed by atoms with Gasteiger partial charge in [0.15, 0.2) is 0 Å². The molecule has 0 N–H and O–H groups in total. The van der Waals surface area contributed by atoms with Gasteiger partial charge in [-0.1, -0.05) is 0 Å². The zero-order valence-corrected chi connectivity index (χ0v) is 17.3. The fourth-order valence-electron chi connectivity index (χ4n) is 3.33. The normalized spacial score (nSPS) is 14.8. The number of rotatable bonds is 6. The zero-order chi connectivity index (χ0) is 20.2. The van der Waals surface area contributed by atoms with E-state index in [4.69, 9.17) is 26.1 Å². The molecule has 9 heteroatoms. The minimum atomic E-state index is 0.346. The van der Waals surface area contributed by atoms with E-state index in [1.807, 2.05) is 36.7 Å². The van der Waals surface area contributed by atoms with Crippen molar-refractivity contribution in [3.8, 4) is 23.0 Å². The van der Waals surface area contributed by atoms with E-state index in [1.54, 1.807) is 25.0 Å². The maximum absolute atomic E-state index is 5.74. The lowest BCUT2D eigenvalue weighted by atomic mass is 10.2. The summed E-state index contributed by atoms with van der Waals surface area (Å²) in [5.74, 6) is 1.78. The van der Waals surface area contributed by atoms with Crippen LogP contribution in [-0.4, -0.2) is 60.1 Å². The number of anilines is 1. The lowest BCUT2D eigenvalue weighted by molar-refractivity contribution is 0.192. The van der Waals surface area contributed by atoms with Gasteiger partial charge in [0, 0.05) is 55.9 Å². The fourth-order valence-corrected chi connectivity index (χ4v) is 3.51. The molecule has 1 saturated heterocycles. The Morgan fingerprint density at radius 2 is 1.66 bits per heavy atom. The number of nitrogens with zero attached hydrogens (tertiary/aromatic N) is 5. The van der Waals surface area contributed by atoms with E-state index in [2.05, 4.69) is 19.9 Å². The van der Waals surface area contributed by atoms with Crippen LogP contribution in [0.4, 0.5) is 5.69 Å². The monoisotopic (exact) mass is 413 g/mol. The van der Waals surface area contributed by atoms with Crippen LogP contribution in [0.3, 0.4) is 0 Å². The Morgan fingerprint density at radius 1 is 1.00 bits per heavy atom. The van der Waals surface area contributed by atoms with Crippen molar-refractivity contribution in [1.29, 1.82) is 0 Å². The summed E-state index contributed by atoms with van der Waals surface area (Å²) in [6.07, 6.45) is 3.65. The van der Waals surface area contributed by atoms with Crippen molar-refractivity contribution < 1.29 is 13.9 Å². The summed E-state index contributed by atoms with van der Waals surface area (Å²) in [6.45, 7) is 4.30. The molecule has 0 amide bonds. The summed E-state index contributed by atoms with van der Waals surface area (Å²) in [5, 5.41) is 4.57. The summed E-state index contributed by atoms with van der Waals surface area (Å²) >= 11 is 5.39. The van der Waals surface area contributed by atoms with Crippen molar-refractivity contribution in [2.45, 2.75) is 6.67 Å². The van der Waals surface area contributed by atoms with Crippen LogP contribution in [0.2, 0.25) is 0 Å². The zero-order valence-electron chi connectivity index (χ0n) is 16.4. The van der Waals surface area contributed by atoms with E-state index < -0.39 is 0 Å². The van der Waals surface area contributed by atoms with Crippen LogP contribution < -0.4 is 14.4 Å². The molecule has 29 heavy (non-hydrogen) atoms. The second kappa shape index (κ2) is 8.62. The van der Waals surface area contributed by atoms with Crippen LogP contribution >= 0.6 is 12.2 Å². The Kier molecular flexibility index (Phi) is 5.77. The van der Waals surface area contributed by atoms with Gasteiger partial charge in [-0.3, -0.25) is 9.88 Å². The topological polar surface area (TPSA) is 68.8 Å². The van der Waals surface area contributed by atoms with Gasteiger partial charge in [-0.2, -0.15) is 0 Å². The summed E-state index contributed by atoms with van der Waals surface area (Å²) < 4.78 is 18.1. The first-order chi connectivity index (χ1) is 14.2. The highest BCUT2D eigenvalue weighted by Crippen LogP contribution is 2.29. The lowest BCUT2D eigenvalue weighted by Gasteiger charge is -2.35. The van der Waals surface area contributed by atoms with E-state index in [9.17, 15) is 0 Å². The predicted octanol–water partition coefficient (Wildman–Crippen LogP) is 3.06. The van der Waals surface area contributed by atoms with Crippen LogP contribution in [0.25, 0.3) is 11.5 Å². The number of pyridine rings is 1. The summed E-state index contributed by atoms with van der Waals surface area (Å²) in [5.41, 5.74) is 1.96. The number of piperazine rings is 1. The summed E-state index contributed by atoms with van der Waals surface area (Å²) in [6, 6.07) is 9.58. The average Bonchev–Trinajstić information content (AvgIpc) is 3.14. The fraction of sp³-hybridized carbons (Fsp3) is 0.350. The Balaban J connectivity index is 1.45. The molecule has 8 nitrogen and oxygen atoms in total. The number of ether oxygens (including phenoxy) is 2. The summed E-state index contributed by atoms with van der Waals surface area (Å²) in [7, 11) is 3.22. The molecule has 1 aliphatic heterocycles. The van der Waals surface area contributed by atoms with Gasteiger partial charge < -0.3 is 18.8 Å². The minimum absolute atomic E-state index is 0.346. The molecule has 0 spiro atoms. The van der Waals surface area contributed by atoms with Crippen LogP contribution in [0.5, 0.6) is 11.5 Å². The third-order valence-corrected chi connectivity index (χ3v) is 5.23. The predicted molar refractivity (Wildman–Crippen MR) is 112 cm³/mol. The standard InChI is InChI=1S/C20H23N5O3S/c1-26-17-11-15(12-18(13-17)27-2)19-22-25(20(29)28-19)14-23-7-9-24(10-8-23)16-3-5-21-6-4-16/h3-6,11-13H,7-10,14H2,1-2H3. The molecule has 1 fully saturated rings. The van der Waals surface area contributed by atoms with Crippen molar-refractivity contribution in [2.75, 3.05) is 45.3 Å². The maximum atomic E-state index is 5.74. The van der Waals surface area contributed by atoms with E-state index in [0.29, 0.717) is 28.9 Å². The number of methoxy groups -OCH3 is 2. The molecule has 0 saturated carbocycles. The third kappa shape index (κ3) is 4.41. The number of hydrogen-bond acceptors (Lipinski definition) is 8. The molecule has 1 aromatic carbocycles. The molecule has 0 unspecified atom stereocenters. The van der Waals surface area contributed by atoms with E-state index in [1.165, 1.54) is 5.69 Å². The van der Waals surface area contributed by atoms with Gasteiger partial charge in [-0.05, 0) is 36.5 Å². The Morgan fingerprint density at radius 3 is 2.28 bits per heavy atom. The van der Waals surface area contributed by atoms with Crippen LogP contribution in [0.1, 0.15) is 0 Å². The van der Waals surface area contributed by atoms with Crippen LogP contribution in [-0.2, 0) is 6.67 Å². The quantitative estimate of drug-likeness (QED) is 0.571. The van der Waals surface area contributed by atoms with Gasteiger partial charge in [-0.25, -0.2) is 4.68 Å². The van der Waals surface area contributed by atoms with Gasteiger partial charge in [0.2, 0.25) is 5.89 Å². The molecule has 3 heterocycles. The molecular weight excluding hydrogens is 390 g/mol. The third-order valence-electron chi connectivity index (χ3n) is 4.94. The molecule has 0 aliphatic carbocycles. The molecular formula is C20H23N5O3S. The van der Waals surface area contributed by atoms with Crippen molar-refractivity contribution in [1.82, 2.24) is 19.7 Å². The number of benzene rings is 1. The van der Waals surface area contributed by atoms with Crippen molar-refractivity contribution in [2.24, 2.45) is 0 Å². The Bertz CT molecular complexity index is 990. The highest BCUT2D eigenvalue weighted by Gasteiger charge is 2.19. The largest absolute Gasteiger partial charge is 0.497 e. The Labute approximate surface area is 174 Å². The second-order valence-corrected chi connectivity index (χ2v) is 7.08. The van der Waals surface area contributed by atoms with Crippen LogP contribution in [0, 0.1) is 4.84 Å². The number of hydrogen-bond donors (Lipinski definition) is 0. The molecule has 3 aromatic rings. The van der Waals surface area contributed by atoms with Crippen LogP contribution in [0.15, 0.2) is 47.1 Å². The number of aromatic nitrogens is 3. The second-order valence-electron chi connectivity index (χ2n) is 6.73. The molecule has 1 aliphatic rings. The molecule has 2 aromatic heterocycles. The van der Waals surface area contributed by atoms with Gasteiger partial charge in [-0.15, -0.1) is 5.10 Å². The van der Waals surface area contributed by atoms with E-state index in [-0.39, 0.29) is 0 Å². The molecule has 152 valence electrons. The Hall–Kier alpha value is -2.91. The first kappa shape index (κ1) is 19.4. The first-order valence-corrected chi connectivity index (χ1v) is 9.76. The smallest absolute Gasteiger partial charge is 0.288 e. The highest BCUT2D eigenvalue weighted by atomic mass is 32.1. The van der Waals surface area contributed by atoms with Gasteiger partial charge in [0.05, 0.1) is 20.9 Å². The average molecular weight is 414 g/mol. The van der Waals surface area contributed by atoms with Crippen molar-refractivity contribution in [3.05, 3.63) is 47.6 Å². The SMILES string of the molecule is COc1cc(OC)cc(-c2nn(CN3CCN(c4ccncc4)CC3)c(=S)o2)c1. The van der Waals surface area contributed by atoms with E-state index in [0.717, 1.165) is 31.7 Å². The van der Waals surface area contributed by atoms with Crippen molar-refractivity contribution in [3.63, 3.8) is 0 Å². The van der Waals surface area contributed by atoms with Crippen molar-refractivity contribution >= 4 is 17.9 Å². The first-order valence-electron chi connectivity index (χ1n) is 9.35. The molecule has 0 bridgehead atoms. The maximum Gasteiger partial charge on any atom is 0.288 e. The van der Waals surface area contributed by atoms with Gasteiger partial charge >= 0.3 is 0 Å². The molecule has 0 atom stereocenters. The van der Waals surface area contributed by atoms with Gasteiger partial charge in [0.1, 0.15) is 11.5 Å². The minimum Gasteiger partial charge on any atom is -0.497 e. The summed E-state index contributed by atoms with van der Waals surface area (Å²) in [4.78, 5) is 9.10. The van der Waals surface area contributed by atoms with Gasteiger partial charge in [0.25, 0.3) is 4.84 Å². The molecule has 4 rings (SSSR count). The highest BCUT2D eigenvalue weighted by molar-refractivity contribution is 7.71. The van der Waals surface area contributed by atoms with E-state index >= 15 is 0 Å².